The van der Waals surface area contributed by atoms with Crippen molar-refractivity contribution in [3.8, 4) is 0 Å². The lowest BCUT2D eigenvalue weighted by Crippen LogP contribution is -2.43. The molecule has 1 N–H and O–H groups in total. The van der Waals surface area contributed by atoms with Gasteiger partial charge in [0.05, 0.1) is 5.69 Å². The Hall–Kier alpha value is -3.23. The monoisotopic (exact) mass is 382 g/mol. The summed E-state index contributed by atoms with van der Waals surface area (Å²) in [6, 6.07) is 6.55. The number of benzene rings is 1. The minimum Gasteiger partial charge on any atom is -0.325 e. The summed E-state index contributed by atoms with van der Waals surface area (Å²) in [7, 11) is 0. The van der Waals surface area contributed by atoms with E-state index in [0.717, 1.165) is 22.6 Å². The Morgan fingerprint density at radius 1 is 1.29 bits per heavy atom. The lowest BCUT2D eigenvalue weighted by Gasteiger charge is -2.20. The zero-order valence-corrected chi connectivity index (χ0v) is 15.8. The summed E-state index contributed by atoms with van der Waals surface area (Å²) < 4.78 is 1.70. The maximum absolute atomic E-state index is 12.7. The summed E-state index contributed by atoms with van der Waals surface area (Å²) in [5.41, 5.74) is 2.56. The normalized spacial score (nSPS) is 18.8. The molecule has 2 aromatic rings. The van der Waals surface area contributed by atoms with Gasteiger partial charge in [-0.25, -0.2) is 9.48 Å². The number of anilines is 1. The summed E-state index contributed by atoms with van der Waals surface area (Å²) in [6.07, 6.45) is 2.78. The van der Waals surface area contributed by atoms with Gasteiger partial charge in [0.1, 0.15) is 12.6 Å². The molecule has 1 aromatic carbocycles. The smallest absolute Gasteiger partial charge is 0.325 e. The van der Waals surface area contributed by atoms with Crippen molar-refractivity contribution in [2.45, 2.75) is 38.8 Å². The van der Waals surface area contributed by atoms with E-state index < -0.39 is 18.0 Å². The van der Waals surface area contributed by atoms with Gasteiger partial charge in [0.2, 0.25) is 5.91 Å². The van der Waals surface area contributed by atoms with E-state index in [1.54, 1.807) is 15.8 Å². The van der Waals surface area contributed by atoms with Crippen LogP contribution in [-0.4, -0.2) is 56.9 Å². The first-order valence-corrected chi connectivity index (χ1v) is 9.35. The van der Waals surface area contributed by atoms with Gasteiger partial charge in [-0.2, -0.15) is 0 Å². The van der Waals surface area contributed by atoms with E-state index in [9.17, 15) is 14.4 Å². The number of carbonyl (C=O) groups excluding carboxylic acids is 3. The minimum atomic E-state index is -0.733. The van der Waals surface area contributed by atoms with Gasteiger partial charge in [-0.3, -0.25) is 14.5 Å². The van der Waals surface area contributed by atoms with Crippen LogP contribution in [0, 0.1) is 0 Å². The molecule has 2 aliphatic rings. The Bertz CT molecular complexity index is 937. The molecule has 2 aliphatic heterocycles. The van der Waals surface area contributed by atoms with Crippen LogP contribution in [0.15, 0.2) is 30.5 Å². The number of hydrogen-bond donors (Lipinski definition) is 1. The molecule has 1 atom stereocenters. The molecule has 4 rings (SSSR count). The van der Waals surface area contributed by atoms with Crippen molar-refractivity contribution in [1.29, 1.82) is 0 Å². The predicted octanol–water partition coefficient (Wildman–Crippen LogP) is 0.911. The van der Waals surface area contributed by atoms with Crippen molar-refractivity contribution >= 4 is 23.5 Å². The van der Waals surface area contributed by atoms with Gasteiger partial charge in [-0.15, -0.1) is 5.10 Å². The number of para-hydroxylation sites is 1. The summed E-state index contributed by atoms with van der Waals surface area (Å²) in [6.45, 7) is 4.24. The maximum Gasteiger partial charge on any atom is 0.325 e. The van der Waals surface area contributed by atoms with Crippen LogP contribution >= 0.6 is 0 Å². The van der Waals surface area contributed by atoms with Crippen LogP contribution in [0.2, 0.25) is 0 Å². The first kappa shape index (κ1) is 18.1. The highest BCUT2D eigenvalue weighted by Gasteiger charge is 2.40. The molecule has 4 amide bonds. The molecular weight excluding hydrogens is 360 g/mol. The van der Waals surface area contributed by atoms with Gasteiger partial charge in [0.25, 0.3) is 5.91 Å². The van der Waals surface area contributed by atoms with Crippen molar-refractivity contribution in [3.63, 3.8) is 0 Å². The van der Waals surface area contributed by atoms with Crippen molar-refractivity contribution in [2.24, 2.45) is 0 Å². The Morgan fingerprint density at radius 2 is 2.07 bits per heavy atom. The zero-order valence-electron chi connectivity index (χ0n) is 15.8. The number of amides is 4. The van der Waals surface area contributed by atoms with Crippen LogP contribution < -0.4 is 10.2 Å². The fourth-order valence-corrected chi connectivity index (χ4v) is 3.55. The van der Waals surface area contributed by atoms with Crippen molar-refractivity contribution in [1.82, 2.24) is 25.2 Å². The molecule has 3 heterocycles. The van der Waals surface area contributed by atoms with Crippen LogP contribution in [0.5, 0.6) is 0 Å². The van der Waals surface area contributed by atoms with E-state index in [-0.39, 0.29) is 24.9 Å². The van der Waals surface area contributed by atoms with Gasteiger partial charge >= 0.3 is 6.03 Å². The van der Waals surface area contributed by atoms with Crippen molar-refractivity contribution < 1.29 is 14.4 Å². The maximum atomic E-state index is 12.7. The molecule has 0 unspecified atom stereocenters. The van der Waals surface area contributed by atoms with Crippen LogP contribution in [0.1, 0.15) is 31.1 Å². The van der Waals surface area contributed by atoms with Gasteiger partial charge in [-0.05, 0) is 31.9 Å². The fraction of sp³-hybridized carbons (Fsp3) is 0.421. The minimum absolute atomic E-state index is 0.160. The highest BCUT2D eigenvalue weighted by atomic mass is 16.2. The number of rotatable bonds is 5. The third kappa shape index (κ3) is 3.23. The van der Waals surface area contributed by atoms with E-state index in [2.05, 4.69) is 15.6 Å². The van der Waals surface area contributed by atoms with E-state index >= 15 is 0 Å². The summed E-state index contributed by atoms with van der Waals surface area (Å²) in [5, 5.41) is 10.7. The second-order valence-electron chi connectivity index (χ2n) is 7.34. The number of hydrogen-bond acceptors (Lipinski definition) is 5. The summed E-state index contributed by atoms with van der Waals surface area (Å²) in [5.74, 6) is -0.676. The first-order valence-electron chi connectivity index (χ1n) is 9.35. The highest BCUT2D eigenvalue weighted by Crippen LogP contribution is 2.27. The average Bonchev–Trinajstić information content (AvgIpc) is 3.36. The zero-order chi connectivity index (χ0) is 19.8. The molecule has 0 spiro atoms. The van der Waals surface area contributed by atoms with E-state index in [1.807, 2.05) is 38.1 Å². The highest BCUT2D eigenvalue weighted by molar-refractivity contribution is 6.08. The van der Waals surface area contributed by atoms with E-state index in [4.69, 9.17) is 0 Å². The van der Waals surface area contributed by atoms with Crippen LogP contribution in [0.4, 0.5) is 10.5 Å². The van der Waals surface area contributed by atoms with Crippen molar-refractivity contribution in [3.05, 3.63) is 41.7 Å². The Kier molecular flexibility index (Phi) is 4.58. The Labute approximate surface area is 162 Å². The van der Waals surface area contributed by atoms with Gasteiger partial charge in [-0.1, -0.05) is 23.4 Å². The molecule has 0 aliphatic carbocycles. The summed E-state index contributed by atoms with van der Waals surface area (Å²) in [4.78, 5) is 40.3. The average molecular weight is 382 g/mol. The number of aromatic nitrogens is 3. The molecule has 9 nitrogen and oxygen atoms in total. The quantitative estimate of drug-likeness (QED) is 0.775. The summed E-state index contributed by atoms with van der Waals surface area (Å²) >= 11 is 0. The van der Waals surface area contributed by atoms with Gasteiger partial charge < -0.3 is 10.2 Å². The van der Waals surface area contributed by atoms with Crippen LogP contribution in [-0.2, 0) is 22.4 Å². The molecule has 146 valence electrons. The second kappa shape index (κ2) is 7.06. The fourth-order valence-electron chi connectivity index (χ4n) is 3.55. The van der Waals surface area contributed by atoms with Gasteiger partial charge in [0, 0.05) is 30.9 Å². The molecular formula is C19H22N6O3. The van der Waals surface area contributed by atoms with Gasteiger partial charge in [0.15, 0.2) is 0 Å². The molecule has 1 fully saturated rings. The lowest BCUT2D eigenvalue weighted by atomic mass is 10.1. The predicted molar refractivity (Wildman–Crippen MR) is 101 cm³/mol. The molecule has 1 aromatic heterocycles. The molecule has 28 heavy (non-hydrogen) atoms. The van der Waals surface area contributed by atoms with Crippen LogP contribution in [0.3, 0.4) is 0 Å². The third-order valence-electron chi connectivity index (χ3n) is 5.09. The van der Waals surface area contributed by atoms with Crippen LogP contribution in [0.25, 0.3) is 0 Å². The van der Waals surface area contributed by atoms with E-state index in [1.165, 1.54) is 0 Å². The largest absolute Gasteiger partial charge is 0.325 e. The molecule has 0 radical (unpaired) electrons. The third-order valence-corrected chi connectivity index (χ3v) is 5.09. The Balaban J connectivity index is 1.42. The number of urea groups is 1. The molecule has 0 bridgehead atoms. The standard InChI is InChI=1S/C19H22N6O3/c1-12(2)25-10-14(21-22-25)9-15-18(27)24(19(28)20-15)11-17(26)23-8-7-13-5-3-4-6-16(13)23/h3-6,10,12,15H,7-9,11H2,1-2H3,(H,20,28)/t15-/m1/s1. The van der Waals surface area contributed by atoms with Crippen molar-refractivity contribution in [2.75, 3.05) is 18.0 Å². The lowest BCUT2D eigenvalue weighted by molar-refractivity contribution is -0.131. The van der Waals surface area contributed by atoms with E-state index in [0.29, 0.717) is 12.2 Å². The number of fused-ring (bicyclic) bond motifs is 1. The second-order valence-corrected chi connectivity index (χ2v) is 7.34. The number of carbonyl (C=O) groups is 3. The number of imide groups is 1. The number of nitrogens with one attached hydrogen (secondary N) is 1. The first-order chi connectivity index (χ1) is 13.4. The Morgan fingerprint density at radius 3 is 2.82 bits per heavy atom. The number of nitrogens with zero attached hydrogens (tertiary/aromatic N) is 5. The SMILES string of the molecule is CC(C)n1cc(C[C@H]2NC(=O)N(CC(=O)N3CCc4ccccc43)C2=O)nn1. The molecule has 1 saturated heterocycles. The molecule has 9 heteroatoms. The molecule has 0 saturated carbocycles. The topological polar surface area (TPSA) is 100 Å².